The number of carbonyl (C=O) groups excluding carboxylic acids is 1. The van der Waals surface area contributed by atoms with Crippen molar-refractivity contribution in [3.8, 4) is 0 Å². The third kappa shape index (κ3) is 7.46. The van der Waals surface area contributed by atoms with Crippen LogP contribution in [0.15, 0.2) is 27.7 Å². The zero-order valence-electron chi connectivity index (χ0n) is 16.0. The molecule has 0 radical (unpaired) electrons. The summed E-state index contributed by atoms with van der Waals surface area (Å²) in [6.45, 7) is 2.98. The fourth-order valence-corrected chi connectivity index (χ4v) is 3.45. The molecule has 3 N–H and O–H groups in total. The Balaban J connectivity index is 1.67. The highest BCUT2D eigenvalue weighted by Crippen LogP contribution is 2.16. The van der Waals surface area contributed by atoms with E-state index < -0.39 is 0 Å². The first-order valence-electron chi connectivity index (χ1n) is 9.36. The Bertz CT molecular complexity index is 647. The molecule has 1 heterocycles. The Hall–Kier alpha value is -1.67. The zero-order valence-corrected chi connectivity index (χ0v) is 17.6. The summed E-state index contributed by atoms with van der Waals surface area (Å²) in [4.78, 5) is 17.9. The van der Waals surface area contributed by atoms with Crippen molar-refractivity contribution in [3.63, 3.8) is 0 Å². The highest BCUT2D eigenvalue weighted by Gasteiger charge is 2.21. The molecule has 6 nitrogen and oxygen atoms in total. The minimum Gasteiger partial charge on any atom is -0.358 e. The van der Waals surface area contributed by atoms with Gasteiger partial charge in [-0.15, -0.1) is 0 Å². The molecule has 1 saturated heterocycles. The van der Waals surface area contributed by atoms with E-state index in [1.54, 1.807) is 14.1 Å². The molecule has 2 rings (SSSR count). The summed E-state index contributed by atoms with van der Waals surface area (Å²) in [6.07, 6.45) is 3.45. The van der Waals surface area contributed by atoms with Crippen molar-refractivity contribution in [2.75, 3.05) is 40.3 Å². The molecule has 150 valence electrons. The highest BCUT2D eigenvalue weighted by atomic mass is 79.9. The molecule has 1 amide bonds. The number of amides is 1. The third-order valence-electron chi connectivity index (χ3n) is 4.73. The first kappa shape index (κ1) is 21.6. The second-order valence-electron chi connectivity index (χ2n) is 6.71. The number of likely N-dealkylation sites (tertiary alicyclic amines) is 1. The Labute approximate surface area is 169 Å². The summed E-state index contributed by atoms with van der Waals surface area (Å²) < 4.78 is 14.6. The smallest absolute Gasteiger partial charge is 0.233 e. The van der Waals surface area contributed by atoms with Crippen LogP contribution in [0, 0.1) is 5.82 Å². The molecule has 0 aromatic heterocycles. The number of aryl methyl sites for hydroxylation is 1. The molecule has 27 heavy (non-hydrogen) atoms. The van der Waals surface area contributed by atoms with Crippen LogP contribution in [0.2, 0.25) is 0 Å². The van der Waals surface area contributed by atoms with E-state index in [0.29, 0.717) is 19.0 Å². The van der Waals surface area contributed by atoms with E-state index in [1.807, 2.05) is 12.1 Å². The number of aliphatic imine (C=N–C) groups is 1. The minimum atomic E-state index is -0.171. The molecule has 1 aromatic carbocycles. The molecule has 0 saturated carbocycles. The number of nitrogens with one attached hydrogen (secondary N) is 3. The summed E-state index contributed by atoms with van der Waals surface area (Å²) >= 11 is 3.27. The number of likely N-dealkylation sites (N-methyl/N-ethyl adjacent to an activating group) is 1. The van der Waals surface area contributed by atoms with Crippen molar-refractivity contribution in [3.05, 3.63) is 34.1 Å². The Morgan fingerprint density at radius 3 is 2.74 bits per heavy atom. The van der Waals surface area contributed by atoms with Crippen molar-refractivity contribution < 1.29 is 9.18 Å². The van der Waals surface area contributed by atoms with Crippen LogP contribution in [-0.2, 0) is 11.2 Å². The molecular weight excluding hydrogens is 413 g/mol. The number of guanidine groups is 1. The molecule has 1 fully saturated rings. The number of halogens is 2. The predicted molar refractivity (Wildman–Crippen MR) is 110 cm³/mol. The third-order valence-corrected chi connectivity index (χ3v) is 5.22. The number of carbonyl (C=O) groups is 1. The summed E-state index contributed by atoms with van der Waals surface area (Å²) in [5, 5.41) is 9.40. The maximum Gasteiger partial charge on any atom is 0.233 e. The van der Waals surface area contributed by atoms with Gasteiger partial charge in [-0.1, -0.05) is 22.0 Å². The second-order valence-corrected chi connectivity index (χ2v) is 7.62. The summed E-state index contributed by atoms with van der Waals surface area (Å²) in [5.41, 5.74) is 0.728. The number of hydrogen-bond donors (Lipinski definition) is 3. The van der Waals surface area contributed by atoms with E-state index in [9.17, 15) is 9.18 Å². The molecule has 8 heteroatoms. The van der Waals surface area contributed by atoms with Crippen LogP contribution in [0.5, 0.6) is 0 Å². The van der Waals surface area contributed by atoms with Crippen molar-refractivity contribution >= 4 is 27.8 Å². The van der Waals surface area contributed by atoms with Crippen molar-refractivity contribution in [2.45, 2.75) is 31.7 Å². The van der Waals surface area contributed by atoms with E-state index in [1.165, 1.54) is 6.07 Å². The van der Waals surface area contributed by atoms with E-state index >= 15 is 0 Å². The van der Waals surface area contributed by atoms with Crippen LogP contribution >= 0.6 is 15.9 Å². The molecule has 1 aliphatic heterocycles. The van der Waals surface area contributed by atoms with Crippen LogP contribution < -0.4 is 16.0 Å². The lowest BCUT2D eigenvalue weighted by Crippen LogP contribution is -2.50. The van der Waals surface area contributed by atoms with Gasteiger partial charge in [0.2, 0.25) is 5.91 Å². The average Bonchev–Trinajstić information content (AvgIpc) is 2.66. The molecule has 1 aromatic rings. The number of piperidine rings is 1. The average molecular weight is 442 g/mol. The number of rotatable bonds is 7. The lowest BCUT2D eigenvalue weighted by atomic mass is 10.1. The van der Waals surface area contributed by atoms with Gasteiger partial charge in [-0.2, -0.15) is 0 Å². The largest absolute Gasteiger partial charge is 0.358 e. The topological polar surface area (TPSA) is 68.8 Å². The van der Waals surface area contributed by atoms with E-state index in [2.05, 4.69) is 41.8 Å². The molecule has 0 bridgehead atoms. The molecule has 0 unspecified atom stereocenters. The highest BCUT2D eigenvalue weighted by molar-refractivity contribution is 9.10. The molecular formula is C19H29BrFN5O. The molecule has 0 atom stereocenters. The minimum absolute atomic E-state index is 0.0566. The monoisotopic (exact) mass is 441 g/mol. The summed E-state index contributed by atoms with van der Waals surface area (Å²) in [7, 11) is 3.42. The van der Waals surface area contributed by atoms with Gasteiger partial charge in [0.15, 0.2) is 5.96 Å². The van der Waals surface area contributed by atoms with Crippen molar-refractivity contribution in [1.29, 1.82) is 0 Å². The van der Waals surface area contributed by atoms with Gasteiger partial charge in [0, 0.05) is 44.2 Å². The first-order chi connectivity index (χ1) is 13.0. The Kier molecular flexibility index (Phi) is 9.00. The van der Waals surface area contributed by atoms with Gasteiger partial charge >= 0.3 is 0 Å². The van der Waals surface area contributed by atoms with Crippen LogP contribution in [0.1, 0.15) is 24.8 Å². The molecule has 0 spiro atoms. The van der Waals surface area contributed by atoms with E-state index in [0.717, 1.165) is 54.9 Å². The number of nitrogens with zero attached hydrogens (tertiary/aromatic N) is 2. The summed E-state index contributed by atoms with van der Waals surface area (Å²) in [5.74, 6) is 0.660. The quantitative estimate of drug-likeness (QED) is 0.343. The molecule has 0 aliphatic carbocycles. The predicted octanol–water partition coefficient (Wildman–Crippen LogP) is 1.90. The summed E-state index contributed by atoms with van der Waals surface area (Å²) in [6, 6.07) is 5.53. The van der Waals surface area contributed by atoms with Gasteiger partial charge in [-0.05, 0) is 43.4 Å². The van der Waals surface area contributed by atoms with E-state index in [4.69, 9.17) is 0 Å². The van der Waals surface area contributed by atoms with Crippen molar-refractivity contribution in [2.24, 2.45) is 4.99 Å². The number of hydrogen-bond acceptors (Lipinski definition) is 3. The Morgan fingerprint density at radius 2 is 2.11 bits per heavy atom. The van der Waals surface area contributed by atoms with Gasteiger partial charge in [-0.25, -0.2) is 4.39 Å². The fourth-order valence-electron chi connectivity index (χ4n) is 3.12. The first-order valence-corrected chi connectivity index (χ1v) is 10.1. The van der Waals surface area contributed by atoms with Crippen LogP contribution in [0.3, 0.4) is 0 Å². The lowest BCUT2D eigenvalue weighted by molar-refractivity contribution is -0.122. The van der Waals surface area contributed by atoms with Gasteiger partial charge in [0.05, 0.1) is 6.54 Å². The number of benzene rings is 1. The van der Waals surface area contributed by atoms with Crippen LogP contribution in [0.4, 0.5) is 4.39 Å². The Morgan fingerprint density at radius 1 is 1.37 bits per heavy atom. The normalized spacial score (nSPS) is 16.2. The van der Waals surface area contributed by atoms with Gasteiger partial charge in [-0.3, -0.25) is 14.7 Å². The lowest BCUT2D eigenvalue weighted by Gasteiger charge is -2.32. The van der Waals surface area contributed by atoms with E-state index in [-0.39, 0.29) is 11.7 Å². The zero-order chi connectivity index (χ0) is 19.6. The van der Waals surface area contributed by atoms with Crippen LogP contribution in [-0.4, -0.2) is 63.1 Å². The van der Waals surface area contributed by atoms with Crippen molar-refractivity contribution in [1.82, 2.24) is 20.9 Å². The van der Waals surface area contributed by atoms with Crippen LogP contribution in [0.25, 0.3) is 0 Å². The second kappa shape index (κ2) is 11.2. The van der Waals surface area contributed by atoms with Gasteiger partial charge in [0.1, 0.15) is 5.82 Å². The standard InChI is InChI=1S/C19H29BrFN5O/c1-22-18(27)13-26-10-7-16(8-11-26)25-19(23-2)24-9-3-4-14-5-6-15(20)12-17(14)21/h5-6,12,16H,3-4,7-11,13H2,1-2H3,(H,22,27)(H2,23,24,25). The van der Waals surface area contributed by atoms with Gasteiger partial charge in [0.25, 0.3) is 0 Å². The SMILES string of the molecule is CN=C(NCCCc1ccc(Br)cc1F)NC1CCN(CC(=O)NC)CC1. The fraction of sp³-hybridized carbons (Fsp3) is 0.579. The maximum absolute atomic E-state index is 13.8. The maximum atomic E-state index is 13.8. The molecule has 1 aliphatic rings. The van der Waals surface area contributed by atoms with Gasteiger partial charge < -0.3 is 16.0 Å².